The Morgan fingerprint density at radius 1 is 1.45 bits per heavy atom. The maximum atomic E-state index is 12.0. The van der Waals surface area contributed by atoms with Gasteiger partial charge in [0.25, 0.3) is 0 Å². The molecule has 5 nitrogen and oxygen atoms in total. The van der Waals surface area contributed by atoms with Crippen LogP contribution in [0.1, 0.15) is 31.9 Å². The normalized spacial score (nSPS) is 21.8. The maximum absolute atomic E-state index is 12.0. The first-order valence-corrected chi connectivity index (χ1v) is 8.35. The van der Waals surface area contributed by atoms with E-state index in [0.29, 0.717) is 17.9 Å². The summed E-state index contributed by atoms with van der Waals surface area (Å²) in [4.78, 5) is 12.0. The van der Waals surface area contributed by atoms with Crippen LogP contribution in [0, 0.1) is 0 Å². The van der Waals surface area contributed by atoms with Gasteiger partial charge in [-0.2, -0.15) is 0 Å². The third kappa shape index (κ3) is 3.02. The summed E-state index contributed by atoms with van der Waals surface area (Å²) in [6, 6.07) is 6.33. The predicted octanol–water partition coefficient (Wildman–Crippen LogP) is 1.45. The zero-order chi connectivity index (χ0) is 14.8. The first-order valence-electron chi connectivity index (χ1n) is 6.70. The summed E-state index contributed by atoms with van der Waals surface area (Å²) in [6.07, 6.45) is 0.461. The zero-order valence-electron chi connectivity index (χ0n) is 11.6. The van der Waals surface area contributed by atoms with Crippen molar-refractivity contribution < 1.29 is 17.9 Å². The fraction of sp³-hybridized carbons (Fsp3) is 0.500. The van der Waals surface area contributed by atoms with Gasteiger partial charge in [0.1, 0.15) is 6.04 Å². The van der Waals surface area contributed by atoms with Crippen molar-refractivity contribution in [1.29, 1.82) is 0 Å². The smallest absolute Gasteiger partial charge is 0.322 e. The van der Waals surface area contributed by atoms with E-state index >= 15 is 0 Å². The van der Waals surface area contributed by atoms with Gasteiger partial charge in [-0.25, -0.2) is 8.42 Å². The summed E-state index contributed by atoms with van der Waals surface area (Å²) < 4.78 is 29.0. The van der Waals surface area contributed by atoms with Crippen molar-refractivity contribution >= 4 is 15.8 Å². The molecule has 0 radical (unpaired) electrons. The maximum Gasteiger partial charge on any atom is 0.322 e. The van der Waals surface area contributed by atoms with Crippen LogP contribution in [0.3, 0.4) is 0 Å². The number of sulfone groups is 1. The lowest BCUT2D eigenvalue weighted by molar-refractivity contribution is -0.145. The SMILES string of the molecule is CCOC(=O)C(C)NC1CCS(=O)(=O)c2ccccc21. The van der Waals surface area contributed by atoms with E-state index in [-0.39, 0.29) is 17.8 Å². The van der Waals surface area contributed by atoms with Crippen LogP contribution in [-0.2, 0) is 19.4 Å². The van der Waals surface area contributed by atoms with Gasteiger partial charge >= 0.3 is 5.97 Å². The van der Waals surface area contributed by atoms with Crippen LogP contribution in [0.15, 0.2) is 29.2 Å². The molecule has 0 bridgehead atoms. The molecule has 0 aliphatic carbocycles. The van der Waals surface area contributed by atoms with Gasteiger partial charge in [-0.05, 0) is 31.9 Å². The van der Waals surface area contributed by atoms with Crippen molar-refractivity contribution in [3.05, 3.63) is 29.8 Å². The van der Waals surface area contributed by atoms with Crippen molar-refractivity contribution in [2.75, 3.05) is 12.4 Å². The Hall–Kier alpha value is -1.40. The van der Waals surface area contributed by atoms with E-state index in [2.05, 4.69) is 5.32 Å². The molecule has 1 aromatic carbocycles. The van der Waals surface area contributed by atoms with Gasteiger partial charge in [0.2, 0.25) is 0 Å². The highest BCUT2D eigenvalue weighted by Gasteiger charge is 2.31. The fourth-order valence-corrected chi connectivity index (χ4v) is 4.02. The van der Waals surface area contributed by atoms with Crippen molar-refractivity contribution in [2.45, 2.75) is 37.2 Å². The molecule has 0 amide bonds. The Morgan fingerprint density at radius 2 is 2.15 bits per heavy atom. The molecule has 2 atom stereocenters. The largest absolute Gasteiger partial charge is 0.465 e. The van der Waals surface area contributed by atoms with Crippen molar-refractivity contribution in [1.82, 2.24) is 5.32 Å². The van der Waals surface area contributed by atoms with Gasteiger partial charge in [-0.15, -0.1) is 0 Å². The molecule has 2 rings (SSSR count). The average molecular weight is 297 g/mol. The highest BCUT2D eigenvalue weighted by atomic mass is 32.2. The number of ether oxygens (including phenoxy) is 1. The number of esters is 1. The van der Waals surface area contributed by atoms with Gasteiger partial charge in [-0.3, -0.25) is 10.1 Å². The van der Waals surface area contributed by atoms with Crippen LogP contribution in [0.4, 0.5) is 0 Å². The average Bonchev–Trinajstić information content (AvgIpc) is 2.42. The van der Waals surface area contributed by atoms with E-state index in [4.69, 9.17) is 4.74 Å². The van der Waals surface area contributed by atoms with Crippen molar-refractivity contribution in [3.63, 3.8) is 0 Å². The lowest BCUT2D eigenvalue weighted by Gasteiger charge is -2.28. The van der Waals surface area contributed by atoms with Gasteiger partial charge in [-0.1, -0.05) is 18.2 Å². The Bertz CT molecular complexity index is 597. The van der Waals surface area contributed by atoms with Gasteiger partial charge in [0.15, 0.2) is 9.84 Å². The highest BCUT2D eigenvalue weighted by molar-refractivity contribution is 7.91. The van der Waals surface area contributed by atoms with Gasteiger partial charge in [0, 0.05) is 6.04 Å². The van der Waals surface area contributed by atoms with Crippen LogP contribution in [0.2, 0.25) is 0 Å². The summed E-state index contributed by atoms with van der Waals surface area (Å²) in [5.74, 6) is -0.226. The number of nitrogens with one attached hydrogen (secondary N) is 1. The van der Waals surface area contributed by atoms with E-state index in [0.717, 1.165) is 5.56 Å². The number of rotatable bonds is 4. The molecule has 20 heavy (non-hydrogen) atoms. The molecule has 0 fully saturated rings. The first-order chi connectivity index (χ1) is 9.45. The zero-order valence-corrected chi connectivity index (χ0v) is 12.4. The van der Waals surface area contributed by atoms with E-state index in [1.165, 1.54) is 0 Å². The molecule has 1 aromatic rings. The summed E-state index contributed by atoms with van der Waals surface area (Å²) in [5, 5.41) is 3.16. The Kier molecular flexibility index (Phi) is 4.45. The summed E-state index contributed by atoms with van der Waals surface area (Å²) in [6.45, 7) is 3.82. The number of fused-ring (bicyclic) bond motifs is 1. The second-order valence-electron chi connectivity index (χ2n) is 4.84. The van der Waals surface area contributed by atoms with Crippen LogP contribution < -0.4 is 5.32 Å². The molecule has 2 unspecified atom stereocenters. The number of benzene rings is 1. The molecule has 1 aliphatic heterocycles. The molecule has 0 saturated carbocycles. The first kappa shape index (κ1) is 15.0. The Balaban J connectivity index is 2.21. The molecule has 1 N–H and O–H groups in total. The van der Waals surface area contributed by atoms with Gasteiger partial charge < -0.3 is 4.74 Å². The van der Waals surface area contributed by atoms with Crippen LogP contribution in [0.5, 0.6) is 0 Å². The third-order valence-corrected chi connectivity index (χ3v) is 5.21. The molecular formula is C14H19NO4S. The Labute approximate surface area is 119 Å². The molecule has 0 aromatic heterocycles. The minimum absolute atomic E-state index is 0.0945. The summed E-state index contributed by atoms with van der Waals surface area (Å²) >= 11 is 0. The highest BCUT2D eigenvalue weighted by Crippen LogP contribution is 2.32. The van der Waals surface area contributed by atoms with Crippen LogP contribution >= 0.6 is 0 Å². The van der Waals surface area contributed by atoms with Crippen LogP contribution in [-0.4, -0.2) is 32.8 Å². The van der Waals surface area contributed by atoms with Crippen molar-refractivity contribution in [3.8, 4) is 0 Å². The topological polar surface area (TPSA) is 72.5 Å². The molecule has 6 heteroatoms. The molecule has 0 saturated heterocycles. The minimum Gasteiger partial charge on any atom is -0.465 e. The molecule has 0 spiro atoms. The molecular weight excluding hydrogens is 278 g/mol. The lowest BCUT2D eigenvalue weighted by Crippen LogP contribution is -2.40. The lowest BCUT2D eigenvalue weighted by atomic mass is 10.0. The number of hydrogen-bond acceptors (Lipinski definition) is 5. The number of hydrogen-bond donors (Lipinski definition) is 1. The van der Waals surface area contributed by atoms with Crippen molar-refractivity contribution in [2.24, 2.45) is 0 Å². The summed E-state index contributed by atoms with van der Waals surface area (Å²) in [7, 11) is -3.20. The van der Waals surface area contributed by atoms with Crippen LogP contribution in [0.25, 0.3) is 0 Å². The second kappa shape index (κ2) is 5.93. The fourth-order valence-electron chi connectivity index (χ4n) is 2.40. The van der Waals surface area contributed by atoms with E-state index in [9.17, 15) is 13.2 Å². The molecule has 1 aliphatic rings. The van der Waals surface area contributed by atoms with E-state index in [1.54, 1.807) is 32.0 Å². The quantitative estimate of drug-likeness (QED) is 0.852. The minimum atomic E-state index is -3.20. The standard InChI is InChI=1S/C14H19NO4S/c1-3-19-14(16)10(2)15-12-8-9-20(17,18)13-7-5-4-6-11(12)13/h4-7,10,12,15H,3,8-9H2,1-2H3. The number of carbonyl (C=O) groups excluding carboxylic acids is 1. The van der Waals surface area contributed by atoms with E-state index < -0.39 is 15.9 Å². The Morgan fingerprint density at radius 3 is 2.85 bits per heavy atom. The van der Waals surface area contributed by atoms with Gasteiger partial charge in [0.05, 0.1) is 17.3 Å². The monoisotopic (exact) mass is 297 g/mol. The molecule has 110 valence electrons. The third-order valence-electron chi connectivity index (χ3n) is 3.40. The summed E-state index contributed by atoms with van der Waals surface area (Å²) in [5.41, 5.74) is 0.731. The predicted molar refractivity (Wildman–Crippen MR) is 75.1 cm³/mol. The molecule has 1 heterocycles. The number of carbonyl (C=O) groups is 1. The second-order valence-corrected chi connectivity index (χ2v) is 6.92. The van der Waals surface area contributed by atoms with E-state index in [1.807, 2.05) is 6.07 Å².